The average Bonchev–Trinajstić information content (AvgIpc) is 2.82. The van der Waals surface area contributed by atoms with Crippen molar-refractivity contribution in [1.82, 2.24) is 15.2 Å². The van der Waals surface area contributed by atoms with E-state index in [1.54, 1.807) is 6.92 Å². The summed E-state index contributed by atoms with van der Waals surface area (Å²) in [6.07, 6.45) is 0. The van der Waals surface area contributed by atoms with E-state index >= 15 is 0 Å². The summed E-state index contributed by atoms with van der Waals surface area (Å²) in [7, 11) is 0. The van der Waals surface area contributed by atoms with Crippen LogP contribution in [0.1, 0.15) is 23.1 Å². The third kappa shape index (κ3) is 2.59. The molecule has 0 saturated heterocycles. The van der Waals surface area contributed by atoms with E-state index < -0.39 is 5.97 Å². The van der Waals surface area contributed by atoms with Gasteiger partial charge < -0.3 is 4.74 Å². The number of esters is 1. The van der Waals surface area contributed by atoms with E-state index in [4.69, 9.17) is 4.74 Å². The monoisotopic (exact) mass is 309 g/mol. The maximum absolute atomic E-state index is 11.4. The highest BCUT2D eigenvalue weighted by Gasteiger charge is 2.13. The maximum Gasteiger partial charge on any atom is 0.375 e. The van der Waals surface area contributed by atoms with Crippen LogP contribution in [0.4, 0.5) is 0 Å². The molecule has 5 nitrogen and oxygen atoms in total. The summed E-state index contributed by atoms with van der Waals surface area (Å²) in [5.74, 6) is 0.103. The Balaban J connectivity index is 2.29. The van der Waals surface area contributed by atoms with Gasteiger partial charge in [-0.3, -0.25) is 5.10 Å². The summed E-state index contributed by atoms with van der Waals surface area (Å²) in [4.78, 5) is 15.6. The number of carbonyl (C=O) groups excluding carboxylic acids is 1. The minimum atomic E-state index is -0.495. The third-order valence-corrected chi connectivity index (χ3v) is 3.26. The number of rotatable bonds is 3. The zero-order chi connectivity index (χ0) is 13.1. The third-order valence-electron chi connectivity index (χ3n) is 2.37. The summed E-state index contributed by atoms with van der Waals surface area (Å²) >= 11 is 3.43. The number of hydrogen-bond acceptors (Lipinski definition) is 4. The summed E-state index contributed by atoms with van der Waals surface area (Å²) in [5.41, 5.74) is 1.93. The molecule has 2 aromatic rings. The number of benzene rings is 1. The van der Waals surface area contributed by atoms with Crippen LogP contribution in [0.15, 0.2) is 22.7 Å². The SMILES string of the molecule is CCOC(=O)c1nc(-c2ccc(Br)c(C)c2)n[nH]1. The molecule has 0 aliphatic carbocycles. The number of carbonyl (C=O) groups is 1. The largest absolute Gasteiger partial charge is 0.460 e. The molecular weight excluding hydrogens is 298 g/mol. The molecule has 0 fully saturated rings. The van der Waals surface area contributed by atoms with E-state index in [1.165, 1.54) is 0 Å². The average molecular weight is 310 g/mol. The van der Waals surface area contributed by atoms with E-state index in [-0.39, 0.29) is 5.82 Å². The van der Waals surface area contributed by atoms with Crippen molar-refractivity contribution < 1.29 is 9.53 Å². The molecule has 0 saturated carbocycles. The number of aromatic nitrogens is 3. The van der Waals surface area contributed by atoms with Crippen LogP contribution < -0.4 is 0 Å². The molecule has 94 valence electrons. The van der Waals surface area contributed by atoms with Gasteiger partial charge in [-0.2, -0.15) is 5.10 Å². The number of halogens is 1. The van der Waals surface area contributed by atoms with Gasteiger partial charge in [-0.15, -0.1) is 0 Å². The predicted molar refractivity (Wildman–Crippen MR) is 70.2 cm³/mol. The highest BCUT2D eigenvalue weighted by molar-refractivity contribution is 9.10. The van der Waals surface area contributed by atoms with Crippen molar-refractivity contribution in [2.24, 2.45) is 0 Å². The Morgan fingerprint density at radius 2 is 2.28 bits per heavy atom. The minimum absolute atomic E-state index is 0.118. The molecule has 0 aliphatic heterocycles. The lowest BCUT2D eigenvalue weighted by Crippen LogP contribution is -2.06. The van der Waals surface area contributed by atoms with Crippen LogP contribution in [0.2, 0.25) is 0 Å². The van der Waals surface area contributed by atoms with Crippen molar-refractivity contribution in [2.45, 2.75) is 13.8 Å². The minimum Gasteiger partial charge on any atom is -0.460 e. The molecule has 0 aliphatic rings. The van der Waals surface area contributed by atoms with Crippen LogP contribution in [-0.2, 0) is 4.74 Å². The number of ether oxygens (including phenoxy) is 1. The first-order chi connectivity index (χ1) is 8.61. The lowest BCUT2D eigenvalue weighted by Gasteiger charge is -2.00. The molecule has 1 N–H and O–H groups in total. The van der Waals surface area contributed by atoms with Crippen LogP contribution in [0.3, 0.4) is 0 Å². The Bertz CT molecular complexity index is 580. The smallest absolute Gasteiger partial charge is 0.375 e. The van der Waals surface area contributed by atoms with Crippen molar-refractivity contribution >= 4 is 21.9 Å². The summed E-state index contributed by atoms with van der Waals surface area (Å²) < 4.78 is 5.86. The molecule has 2 rings (SSSR count). The summed E-state index contributed by atoms with van der Waals surface area (Å²) in [5, 5.41) is 6.58. The van der Waals surface area contributed by atoms with Gasteiger partial charge >= 0.3 is 5.97 Å². The van der Waals surface area contributed by atoms with Gasteiger partial charge in [0.15, 0.2) is 5.82 Å². The van der Waals surface area contributed by atoms with Crippen molar-refractivity contribution in [2.75, 3.05) is 6.61 Å². The molecule has 0 radical (unpaired) electrons. The lowest BCUT2D eigenvalue weighted by atomic mass is 10.1. The van der Waals surface area contributed by atoms with Crippen molar-refractivity contribution in [3.05, 3.63) is 34.1 Å². The number of nitrogens with one attached hydrogen (secondary N) is 1. The number of hydrogen-bond donors (Lipinski definition) is 1. The fraction of sp³-hybridized carbons (Fsp3) is 0.250. The molecule has 1 aromatic carbocycles. The van der Waals surface area contributed by atoms with Crippen molar-refractivity contribution in [3.8, 4) is 11.4 Å². The first-order valence-electron chi connectivity index (χ1n) is 5.48. The van der Waals surface area contributed by atoms with Gasteiger partial charge in [0.25, 0.3) is 0 Å². The molecule has 18 heavy (non-hydrogen) atoms. The number of aryl methyl sites for hydroxylation is 1. The van der Waals surface area contributed by atoms with E-state index in [1.807, 2.05) is 25.1 Å². The van der Waals surface area contributed by atoms with Gasteiger partial charge in [0.2, 0.25) is 5.82 Å². The van der Waals surface area contributed by atoms with Crippen LogP contribution >= 0.6 is 15.9 Å². The normalized spacial score (nSPS) is 10.4. The topological polar surface area (TPSA) is 67.9 Å². The summed E-state index contributed by atoms with van der Waals surface area (Å²) in [6.45, 7) is 4.03. The molecule has 6 heteroatoms. The quantitative estimate of drug-likeness (QED) is 0.885. The fourth-order valence-electron chi connectivity index (χ4n) is 1.47. The first kappa shape index (κ1) is 12.8. The lowest BCUT2D eigenvalue weighted by molar-refractivity contribution is 0.0512. The van der Waals surface area contributed by atoms with Crippen LogP contribution in [0.25, 0.3) is 11.4 Å². The molecule has 0 spiro atoms. The molecule has 0 unspecified atom stereocenters. The summed E-state index contributed by atoms with van der Waals surface area (Å²) in [6, 6.07) is 5.75. The zero-order valence-electron chi connectivity index (χ0n) is 10.0. The second-order valence-corrected chi connectivity index (χ2v) is 4.55. The number of aromatic amines is 1. The second kappa shape index (κ2) is 5.30. The van der Waals surface area contributed by atoms with Crippen LogP contribution in [0, 0.1) is 6.92 Å². The Hall–Kier alpha value is -1.69. The molecule has 1 heterocycles. The van der Waals surface area contributed by atoms with Crippen molar-refractivity contribution in [1.29, 1.82) is 0 Å². The number of nitrogens with zero attached hydrogens (tertiary/aromatic N) is 2. The molecule has 1 aromatic heterocycles. The Kier molecular flexibility index (Phi) is 3.76. The van der Waals surface area contributed by atoms with Crippen molar-refractivity contribution in [3.63, 3.8) is 0 Å². The van der Waals surface area contributed by atoms with E-state index in [0.29, 0.717) is 12.4 Å². The Morgan fingerprint density at radius 1 is 1.50 bits per heavy atom. The Morgan fingerprint density at radius 3 is 2.94 bits per heavy atom. The zero-order valence-corrected chi connectivity index (χ0v) is 11.6. The van der Waals surface area contributed by atoms with Gasteiger partial charge in [-0.1, -0.05) is 15.9 Å². The van der Waals surface area contributed by atoms with Crippen LogP contribution in [0.5, 0.6) is 0 Å². The molecule has 0 amide bonds. The Labute approximate surface area is 113 Å². The van der Waals surface area contributed by atoms with Gasteiger partial charge in [0.05, 0.1) is 6.61 Å². The number of H-pyrrole nitrogens is 1. The van der Waals surface area contributed by atoms with Crippen LogP contribution in [-0.4, -0.2) is 27.8 Å². The molecular formula is C12H12BrN3O2. The highest BCUT2D eigenvalue weighted by atomic mass is 79.9. The molecule has 0 bridgehead atoms. The highest BCUT2D eigenvalue weighted by Crippen LogP contribution is 2.22. The van der Waals surface area contributed by atoms with E-state index in [0.717, 1.165) is 15.6 Å². The molecule has 0 atom stereocenters. The first-order valence-corrected chi connectivity index (χ1v) is 6.27. The maximum atomic E-state index is 11.4. The standard InChI is InChI=1S/C12H12BrN3O2/c1-3-18-12(17)11-14-10(15-16-11)8-4-5-9(13)7(2)6-8/h4-6H,3H2,1-2H3,(H,14,15,16). The predicted octanol–water partition coefficient (Wildman–Crippen LogP) is 2.72. The van der Waals surface area contributed by atoms with E-state index in [9.17, 15) is 4.79 Å². The van der Waals surface area contributed by atoms with E-state index in [2.05, 4.69) is 31.1 Å². The van der Waals surface area contributed by atoms with Gasteiger partial charge in [-0.05, 0) is 37.6 Å². The van der Waals surface area contributed by atoms with Gasteiger partial charge in [-0.25, -0.2) is 9.78 Å². The fourth-order valence-corrected chi connectivity index (χ4v) is 1.71. The van der Waals surface area contributed by atoms with Gasteiger partial charge in [0, 0.05) is 10.0 Å². The van der Waals surface area contributed by atoms with Gasteiger partial charge in [0.1, 0.15) is 0 Å². The second-order valence-electron chi connectivity index (χ2n) is 3.69.